The van der Waals surface area contributed by atoms with Crippen molar-refractivity contribution in [3.8, 4) is 11.5 Å². The molecule has 0 aliphatic heterocycles. The Labute approximate surface area is 192 Å². The number of sulfonamides is 1. The van der Waals surface area contributed by atoms with E-state index in [2.05, 4.69) is 5.32 Å². The van der Waals surface area contributed by atoms with Crippen molar-refractivity contribution in [2.45, 2.75) is 11.8 Å². The van der Waals surface area contributed by atoms with E-state index in [4.69, 9.17) is 21.1 Å². The highest BCUT2D eigenvalue weighted by Gasteiger charge is 2.28. The number of amides is 1. The standard InChI is InChI=1S/C23H23ClN2O5S/c1-3-31-22-12-8-7-11-20(22)25-23(27)16-26(17-13-14-21(30-2)19(24)15-17)32(28,29)18-9-5-4-6-10-18/h4-15H,3,16H2,1-2H3,(H,25,27). The first-order valence-corrected chi connectivity index (χ1v) is 11.6. The lowest BCUT2D eigenvalue weighted by Gasteiger charge is -2.25. The van der Waals surface area contributed by atoms with E-state index in [9.17, 15) is 13.2 Å². The molecule has 3 aromatic rings. The second kappa shape index (κ2) is 10.4. The molecule has 0 aromatic heterocycles. The summed E-state index contributed by atoms with van der Waals surface area (Å²) in [5.41, 5.74) is 0.678. The van der Waals surface area contributed by atoms with Crippen LogP contribution in [0.4, 0.5) is 11.4 Å². The SMILES string of the molecule is CCOc1ccccc1NC(=O)CN(c1ccc(OC)c(Cl)c1)S(=O)(=O)c1ccccc1. The number of para-hydroxylation sites is 2. The smallest absolute Gasteiger partial charge is 0.264 e. The van der Waals surface area contributed by atoms with Crippen LogP contribution in [0.1, 0.15) is 6.92 Å². The van der Waals surface area contributed by atoms with Crippen LogP contribution in [0.5, 0.6) is 11.5 Å². The molecule has 0 saturated heterocycles. The van der Waals surface area contributed by atoms with Crippen molar-refractivity contribution in [3.05, 3.63) is 77.8 Å². The third-order valence-electron chi connectivity index (χ3n) is 4.50. The predicted molar refractivity (Wildman–Crippen MR) is 125 cm³/mol. The van der Waals surface area contributed by atoms with Gasteiger partial charge in [0.25, 0.3) is 10.0 Å². The Morgan fingerprint density at radius 3 is 2.34 bits per heavy atom. The number of nitrogens with one attached hydrogen (secondary N) is 1. The lowest BCUT2D eigenvalue weighted by Crippen LogP contribution is -2.38. The topological polar surface area (TPSA) is 84.9 Å². The summed E-state index contributed by atoms with van der Waals surface area (Å²) in [7, 11) is -2.60. The maximum atomic E-state index is 13.4. The Morgan fingerprint density at radius 1 is 1.00 bits per heavy atom. The highest BCUT2D eigenvalue weighted by atomic mass is 35.5. The van der Waals surface area contributed by atoms with Gasteiger partial charge in [-0.15, -0.1) is 0 Å². The number of ether oxygens (including phenoxy) is 2. The molecule has 0 spiro atoms. The Morgan fingerprint density at radius 2 is 1.69 bits per heavy atom. The van der Waals surface area contributed by atoms with Gasteiger partial charge in [-0.3, -0.25) is 9.10 Å². The van der Waals surface area contributed by atoms with E-state index in [-0.39, 0.29) is 15.6 Å². The lowest BCUT2D eigenvalue weighted by molar-refractivity contribution is -0.114. The van der Waals surface area contributed by atoms with E-state index >= 15 is 0 Å². The molecule has 0 radical (unpaired) electrons. The van der Waals surface area contributed by atoms with Crippen LogP contribution in [0.15, 0.2) is 77.7 Å². The van der Waals surface area contributed by atoms with Crippen LogP contribution in [0.25, 0.3) is 0 Å². The lowest BCUT2D eigenvalue weighted by atomic mass is 10.3. The molecule has 0 bridgehead atoms. The van der Waals surface area contributed by atoms with Gasteiger partial charge in [-0.25, -0.2) is 8.42 Å². The first-order valence-electron chi connectivity index (χ1n) is 9.79. The van der Waals surface area contributed by atoms with Crippen molar-refractivity contribution in [1.82, 2.24) is 0 Å². The van der Waals surface area contributed by atoms with Crippen LogP contribution in [0, 0.1) is 0 Å². The number of hydrogen-bond donors (Lipinski definition) is 1. The molecular weight excluding hydrogens is 452 g/mol. The monoisotopic (exact) mass is 474 g/mol. The second-order valence-electron chi connectivity index (χ2n) is 6.62. The van der Waals surface area contributed by atoms with E-state index in [1.165, 1.54) is 31.4 Å². The fourth-order valence-electron chi connectivity index (χ4n) is 3.02. The average Bonchev–Trinajstić information content (AvgIpc) is 2.79. The summed E-state index contributed by atoms with van der Waals surface area (Å²) in [6.45, 7) is 1.78. The number of benzene rings is 3. The summed E-state index contributed by atoms with van der Waals surface area (Å²) >= 11 is 6.23. The third kappa shape index (κ3) is 5.33. The molecule has 9 heteroatoms. The molecular formula is C23H23ClN2O5S. The Balaban J connectivity index is 1.96. The minimum absolute atomic E-state index is 0.0504. The van der Waals surface area contributed by atoms with Gasteiger partial charge in [0.2, 0.25) is 5.91 Å². The zero-order chi connectivity index (χ0) is 23.1. The molecule has 0 fully saturated rings. The molecule has 3 aromatic carbocycles. The number of carbonyl (C=O) groups is 1. The summed E-state index contributed by atoms with van der Waals surface area (Å²) in [6, 6.07) is 19.4. The second-order valence-corrected chi connectivity index (χ2v) is 8.89. The summed E-state index contributed by atoms with van der Waals surface area (Å²) in [5.74, 6) is 0.347. The van der Waals surface area contributed by atoms with Crippen molar-refractivity contribution in [2.24, 2.45) is 0 Å². The number of methoxy groups -OCH3 is 1. The Bertz CT molecular complexity index is 1190. The van der Waals surface area contributed by atoms with Crippen LogP contribution >= 0.6 is 11.6 Å². The molecule has 0 aliphatic rings. The van der Waals surface area contributed by atoms with Crippen molar-refractivity contribution in [2.75, 3.05) is 29.9 Å². The quantitative estimate of drug-likeness (QED) is 0.490. The van der Waals surface area contributed by atoms with Crippen LogP contribution in [-0.4, -0.2) is 34.6 Å². The van der Waals surface area contributed by atoms with E-state index in [0.717, 1.165) is 4.31 Å². The predicted octanol–water partition coefficient (Wildman–Crippen LogP) is 4.58. The van der Waals surface area contributed by atoms with Crippen LogP contribution < -0.4 is 19.1 Å². The molecule has 7 nitrogen and oxygen atoms in total. The molecule has 168 valence electrons. The molecule has 32 heavy (non-hydrogen) atoms. The molecule has 3 rings (SSSR count). The minimum Gasteiger partial charge on any atom is -0.495 e. The number of rotatable bonds is 9. The highest BCUT2D eigenvalue weighted by molar-refractivity contribution is 7.92. The fourth-order valence-corrected chi connectivity index (χ4v) is 4.70. The van der Waals surface area contributed by atoms with Gasteiger partial charge in [-0.1, -0.05) is 41.9 Å². The van der Waals surface area contributed by atoms with Crippen molar-refractivity contribution >= 4 is 38.9 Å². The van der Waals surface area contributed by atoms with Gasteiger partial charge in [-0.05, 0) is 49.4 Å². The van der Waals surface area contributed by atoms with E-state index in [0.29, 0.717) is 23.8 Å². The number of nitrogens with zero attached hydrogens (tertiary/aromatic N) is 1. The molecule has 0 heterocycles. The van der Waals surface area contributed by atoms with Crippen molar-refractivity contribution in [1.29, 1.82) is 0 Å². The van der Waals surface area contributed by atoms with Gasteiger partial charge < -0.3 is 14.8 Å². The maximum Gasteiger partial charge on any atom is 0.264 e. The molecule has 0 saturated carbocycles. The van der Waals surface area contributed by atoms with Crippen LogP contribution in [0.2, 0.25) is 5.02 Å². The normalized spacial score (nSPS) is 11.0. The molecule has 0 aliphatic carbocycles. The van der Waals surface area contributed by atoms with E-state index in [1.807, 2.05) is 6.92 Å². The van der Waals surface area contributed by atoms with Gasteiger partial charge in [0, 0.05) is 0 Å². The van der Waals surface area contributed by atoms with Crippen molar-refractivity contribution < 1.29 is 22.7 Å². The maximum absolute atomic E-state index is 13.4. The number of carbonyl (C=O) groups excluding carboxylic acids is 1. The van der Waals surface area contributed by atoms with Crippen molar-refractivity contribution in [3.63, 3.8) is 0 Å². The summed E-state index contributed by atoms with van der Waals surface area (Å²) in [5, 5.41) is 2.95. The first-order chi connectivity index (χ1) is 15.4. The largest absolute Gasteiger partial charge is 0.495 e. The average molecular weight is 475 g/mol. The van der Waals surface area contributed by atoms with Crippen LogP contribution in [0.3, 0.4) is 0 Å². The van der Waals surface area contributed by atoms with Gasteiger partial charge in [0.05, 0.1) is 35.0 Å². The van der Waals surface area contributed by atoms with Gasteiger partial charge in [0.1, 0.15) is 18.0 Å². The molecule has 1 N–H and O–H groups in total. The zero-order valence-electron chi connectivity index (χ0n) is 17.6. The summed E-state index contributed by atoms with van der Waals surface area (Å²) < 4.78 is 38.5. The summed E-state index contributed by atoms with van der Waals surface area (Å²) in [4.78, 5) is 13.0. The Kier molecular flexibility index (Phi) is 7.61. The van der Waals surface area contributed by atoms with Gasteiger partial charge >= 0.3 is 0 Å². The highest BCUT2D eigenvalue weighted by Crippen LogP contribution is 2.32. The summed E-state index contributed by atoms with van der Waals surface area (Å²) in [6.07, 6.45) is 0. The van der Waals surface area contributed by atoms with Gasteiger partial charge in [0.15, 0.2) is 0 Å². The zero-order valence-corrected chi connectivity index (χ0v) is 19.2. The third-order valence-corrected chi connectivity index (χ3v) is 6.59. The van der Waals surface area contributed by atoms with Crippen LogP contribution in [-0.2, 0) is 14.8 Å². The fraction of sp³-hybridized carbons (Fsp3) is 0.174. The first kappa shape index (κ1) is 23.4. The number of halogens is 1. The molecule has 0 atom stereocenters. The molecule has 1 amide bonds. The van der Waals surface area contributed by atoms with E-state index in [1.54, 1.807) is 48.5 Å². The Hall–Kier alpha value is -3.23. The molecule has 0 unspecified atom stereocenters. The van der Waals surface area contributed by atoms with Gasteiger partial charge in [-0.2, -0.15) is 0 Å². The van der Waals surface area contributed by atoms with E-state index < -0.39 is 22.5 Å². The number of hydrogen-bond acceptors (Lipinski definition) is 5. The minimum atomic E-state index is -4.06. The number of anilines is 2.